The molecule has 0 amide bonds. The van der Waals surface area contributed by atoms with Crippen LogP contribution in [0.15, 0.2) is 149 Å². The number of anilines is 1. The van der Waals surface area contributed by atoms with E-state index >= 15 is 0 Å². The molecule has 0 aliphatic carbocycles. The lowest BCUT2D eigenvalue weighted by Crippen LogP contribution is -2.24. The van der Waals surface area contributed by atoms with Crippen LogP contribution in [0.4, 0.5) is 5.69 Å². The molecule has 0 fully saturated rings. The first kappa shape index (κ1) is 26.1. The van der Waals surface area contributed by atoms with Crippen LogP contribution >= 0.6 is 11.8 Å². The molecular weight excluding hydrogens is 532 g/mol. The van der Waals surface area contributed by atoms with E-state index in [0.29, 0.717) is 6.61 Å². The molecule has 6 aromatic rings. The second kappa shape index (κ2) is 11.6. The third kappa shape index (κ3) is 5.17. The minimum Gasteiger partial charge on any atom is -0.491 e. The van der Waals surface area contributed by atoms with Gasteiger partial charge in [0, 0.05) is 22.4 Å². The van der Waals surface area contributed by atoms with Gasteiger partial charge in [-0.3, -0.25) is 0 Å². The summed E-state index contributed by atoms with van der Waals surface area (Å²) < 4.78 is 6.37. The molecule has 1 aliphatic heterocycles. The molecule has 0 unspecified atom stereocenters. The van der Waals surface area contributed by atoms with Crippen LogP contribution in [-0.4, -0.2) is 13.2 Å². The van der Waals surface area contributed by atoms with Crippen molar-refractivity contribution in [3.63, 3.8) is 0 Å². The van der Waals surface area contributed by atoms with E-state index in [-0.39, 0.29) is 0 Å². The minimum atomic E-state index is 0.582. The van der Waals surface area contributed by atoms with Crippen LogP contribution in [0.1, 0.15) is 12.5 Å². The number of para-hydroxylation sites is 1. The van der Waals surface area contributed by atoms with Crippen molar-refractivity contribution in [2.24, 2.45) is 0 Å². The van der Waals surface area contributed by atoms with Gasteiger partial charge in [0.15, 0.2) is 6.20 Å². The number of nitrogens with zero attached hydrogens (tertiary/aromatic N) is 1. The molecule has 5 aromatic carbocycles. The fourth-order valence-corrected chi connectivity index (χ4v) is 6.77. The van der Waals surface area contributed by atoms with Crippen molar-refractivity contribution in [3.8, 4) is 5.75 Å². The summed E-state index contributed by atoms with van der Waals surface area (Å²) in [6, 6.07) is 38.3. The second-order valence-corrected chi connectivity index (χ2v) is 11.5. The number of H-pyrrole nitrogens is 1. The summed E-state index contributed by atoms with van der Waals surface area (Å²) in [7, 11) is 0. The highest BCUT2D eigenvalue weighted by Gasteiger charge is 2.26. The Kier molecular flexibility index (Phi) is 7.21. The van der Waals surface area contributed by atoms with Crippen LogP contribution in [0, 0.1) is 0 Å². The third-order valence-corrected chi connectivity index (χ3v) is 8.90. The summed E-state index contributed by atoms with van der Waals surface area (Å²) in [6.07, 6.45) is 10.8. The summed E-state index contributed by atoms with van der Waals surface area (Å²) in [5.41, 5.74) is 4.76. The number of aromatic amines is 1. The van der Waals surface area contributed by atoms with Crippen molar-refractivity contribution in [3.05, 3.63) is 150 Å². The van der Waals surface area contributed by atoms with E-state index in [1.165, 1.54) is 48.3 Å². The van der Waals surface area contributed by atoms with Gasteiger partial charge in [-0.15, -0.1) is 0 Å². The second-order valence-electron chi connectivity index (χ2n) is 10.4. The number of benzene rings is 5. The lowest BCUT2D eigenvalue weighted by molar-refractivity contribution is -0.344. The van der Waals surface area contributed by atoms with E-state index in [1.54, 1.807) is 0 Å². The molecule has 2 heterocycles. The van der Waals surface area contributed by atoms with Gasteiger partial charge < -0.3 is 9.64 Å². The maximum Gasteiger partial charge on any atom is 0.211 e. The molecule has 0 atom stereocenters. The van der Waals surface area contributed by atoms with Gasteiger partial charge in [0.05, 0.1) is 22.6 Å². The van der Waals surface area contributed by atoms with Gasteiger partial charge >= 0.3 is 0 Å². The highest BCUT2D eigenvalue weighted by atomic mass is 32.2. The number of rotatable bonds is 7. The highest BCUT2D eigenvalue weighted by Crippen LogP contribution is 2.49. The van der Waals surface area contributed by atoms with E-state index in [4.69, 9.17) is 4.74 Å². The predicted octanol–water partition coefficient (Wildman–Crippen LogP) is 9.45. The molecule has 204 valence electrons. The van der Waals surface area contributed by atoms with Gasteiger partial charge in [0.1, 0.15) is 12.4 Å². The first-order valence-electron chi connectivity index (χ1n) is 14.3. The zero-order valence-corrected chi connectivity index (χ0v) is 24.3. The van der Waals surface area contributed by atoms with Gasteiger partial charge in [0.25, 0.3) is 0 Å². The summed E-state index contributed by atoms with van der Waals surface area (Å²) in [5, 5.41) is 7.31. The fraction of sp³-hybridized carbons (Fsp3) is 0.0789. The van der Waals surface area contributed by atoms with Crippen LogP contribution in [0.2, 0.25) is 0 Å². The largest absolute Gasteiger partial charge is 0.491 e. The van der Waals surface area contributed by atoms with Crippen molar-refractivity contribution in [1.82, 2.24) is 0 Å². The summed E-state index contributed by atoms with van der Waals surface area (Å²) in [4.78, 5) is 7.02. The van der Waals surface area contributed by atoms with E-state index in [9.17, 15) is 0 Å². The number of allylic oxidation sites excluding steroid dienone is 4. The van der Waals surface area contributed by atoms with Gasteiger partial charge in [0.2, 0.25) is 5.52 Å². The molecule has 7 rings (SSSR count). The Morgan fingerprint density at radius 1 is 0.786 bits per heavy atom. The quantitative estimate of drug-likeness (QED) is 0.181. The van der Waals surface area contributed by atoms with E-state index < -0.39 is 0 Å². The highest BCUT2D eigenvalue weighted by molar-refractivity contribution is 8.04. The Labute approximate surface area is 250 Å². The monoisotopic (exact) mass is 563 g/mol. The maximum atomic E-state index is 6.37. The summed E-state index contributed by atoms with van der Waals surface area (Å²) in [6.45, 7) is 3.49. The fourth-order valence-electron chi connectivity index (χ4n) is 5.55. The summed E-state index contributed by atoms with van der Waals surface area (Å²) >= 11 is 1.84. The topological polar surface area (TPSA) is 26.6 Å². The Hall–Kier alpha value is -4.80. The smallest absolute Gasteiger partial charge is 0.211 e. The molecule has 4 heteroatoms. The predicted molar refractivity (Wildman–Crippen MR) is 178 cm³/mol. The minimum absolute atomic E-state index is 0.582. The number of ether oxygens (including phenoxy) is 1. The van der Waals surface area contributed by atoms with Gasteiger partial charge in [-0.25, -0.2) is 4.98 Å². The van der Waals surface area contributed by atoms with Crippen LogP contribution in [0.25, 0.3) is 38.5 Å². The van der Waals surface area contributed by atoms with Gasteiger partial charge in [-0.2, -0.15) is 0 Å². The van der Waals surface area contributed by atoms with Gasteiger partial charge in [-0.1, -0.05) is 114 Å². The van der Waals surface area contributed by atoms with Crippen molar-refractivity contribution < 1.29 is 9.72 Å². The van der Waals surface area contributed by atoms with Crippen LogP contribution in [0.5, 0.6) is 5.75 Å². The Morgan fingerprint density at radius 3 is 2.40 bits per heavy atom. The average molecular weight is 564 g/mol. The number of fused-ring (bicyclic) bond motifs is 5. The molecule has 1 aromatic heterocycles. The van der Waals surface area contributed by atoms with E-state index in [1.807, 2.05) is 18.0 Å². The van der Waals surface area contributed by atoms with Crippen LogP contribution < -0.4 is 14.6 Å². The molecular formula is C38H31N2OS+. The standard InChI is InChI=1S/C38H30N2OS/c1-27(17-19-30-23-24-39-34-15-7-6-12-31(30)34)18-22-37-40(35-21-20-29-10-3-5-14-33(29)38(35)42-37)25-26-41-36-16-8-11-28-9-2-4-13-32(28)36/h2-24H,25-26H2,1H3/p+1. The van der Waals surface area contributed by atoms with Crippen molar-refractivity contribution in [2.75, 3.05) is 18.1 Å². The van der Waals surface area contributed by atoms with Crippen molar-refractivity contribution in [2.45, 2.75) is 11.8 Å². The first-order valence-corrected chi connectivity index (χ1v) is 15.1. The Bertz CT molecular complexity index is 2010. The SMILES string of the molecule is CC(C=Cc1cc[nH+]c2ccccc12)=CC=C1Sc2c(ccc3ccccc23)N1CCOc1cccc2ccccc12. The number of aromatic nitrogens is 1. The molecule has 0 radical (unpaired) electrons. The average Bonchev–Trinajstić information content (AvgIpc) is 3.40. The Balaban J connectivity index is 1.16. The number of hydrogen-bond acceptors (Lipinski definition) is 3. The van der Waals surface area contributed by atoms with Crippen LogP contribution in [0.3, 0.4) is 0 Å². The molecule has 0 saturated carbocycles. The molecule has 0 saturated heterocycles. The number of thioether (sulfide) groups is 1. The first-order chi connectivity index (χ1) is 20.7. The molecule has 3 nitrogen and oxygen atoms in total. The lowest BCUT2D eigenvalue weighted by atomic mass is 10.1. The maximum absolute atomic E-state index is 6.37. The summed E-state index contributed by atoms with van der Waals surface area (Å²) in [5.74, 6) is 0.927. The zero-order valence-electron chi connectivity index (χ0n) is 23.5. The van der Waals surface area contributed by atoms with Crippen molar-refractivity contribution in [1.29, 1.82) is 0 Å². The molecule has 1 N–H and O–H groups in total. The molecule has 1 aliphatic rings. The number of hydrogen-bond donors (Lipinski definition) is 0. The zero-order chi connectivity index (χ0) is 28.3. The van der Waals surface area contributed by atoms with E-state index in [0.717, 1.165) is 23.2 Å². The third-order valence-electron chi connectivity index (χ3n) is 7.70. The van der Waals surface area contributed by atoms with E-state index in [2.05, 4.69) is 150 Å². The van der Waals surface area contributed by atoms with Crippen LogP contribution in [-0.2, 0) is 0 Å². The number of nitrogens with one attached hydrogen (secondary N) is 1. The molecule has 0 spiro atoms. The number of pyridine rings is 1. The lowest BCUT2D eigenvalue weighted by Gasteiger charge is -2.21. The van der Waals surface area contributed by atoms with Gasteiger partial charge in [-0.05, 0) is 52.9 Å². The Morgan fingerprint density at radius 2 is 1.52 bits per heavy atom. The van der Waals surface area contributed by atoms with Crippen molar-refractivity contribution >= 4 is 56.0 Å². The molecule has 0 bridgehead atoms. The molecule has 42 heavy (non-hydrogen) atoms. The normalized spacial score (nSPS) is 14.5.